The number of carboxylic acids is 1. The number of aliphatic carboxylic acids is 1. The molecule has 0 saturated carbocycles. The Hall–Kier alpha value is -1.20. The average molecular weight is 292 g/mol. The number of hydrogen-bond donors (Lipinski definition) is 1. The lowest BCUT2D eigenvalue weighted by molar-refractivity contribution is -0.143. The normalized spacial score (nSPS) is 19.8. The summed E-state index contributed by atoms with van der Waals surface area (Å²) < 4.78 is 26.5. The number of benzene rings is 1. The minimum Gasteiger partial charge on any atom is -0.481 e. The highest BCUT2D eigenvalue weighted by Crippen LogP contribution is 2.20. The molecule has 1 aromatic rings. The van der Waals surface area contributed by atoms with Gasteiger partial charge in [-0.05, 0) is 37.6 Å². The Bertz CT molecular complexity index is 456. The fourth-order valence-corrected chi connectivity index (χ4v) is 2.31. The molecule has 0 aliphatic carbocycles. The molecule has 1 aliphatic heterocycles. The SMILES string of the molecule is Cl.O=C(O)C1CCCN(Cc2cc(F)ccc2F)C1. The van der Waals surface area contributed by atoms with E-state index in [9.17, 15) is 13.6 Å². The zero-order valence-electron chi connectivity index (χ0n) is 10.3. The molecule has 1 saturated heterocycles. The quantitative estimate of drug-likeness (QED) is 0.931. The first-order valence-corrected chi connectivity index (χ1v) is 5.95. The molecule has 1 unspecified atom stereocenters. The van der Waals surface area contributed by atoms with Crippen LogP contribution in [0, 0.1) is 17.6 Å². The van der Waals surface area contributed by atoms with Gasteiger partial charge in [0.1, 0.15) is 11.6 Å². The number of carbonyl (C=O) groups is 1. The molecule has 1 N–H and O–H groups in total. The van der Waals surface area contributed by atoms with Gasteiger partial charge in [-0.25, -0.2) is 8.78 Å². The first kappa shape index (κ1) is 15.9. The Balaban J connectivity index is 0.00000180. The van der Waals surface area contributed by atoms with Gasteiger partial charge in [0.05, 0.1) is 5.92 Å². The molecule has 19 heavy (non-hydrogen) atoms. The number of piperidine rings is 1. The fraction of sp³-hybridized carbons (Fsp3) is 0.462. The van der Waals surface area contributed by atoms with E-state index in [1.807, 2.05) is 4.90 Å². The zero-order chi connectivity index (χ0) is 13.1. The first-order chi connectivity index (χ1) is 8.56. The molecule has 2 rings (SSSR count). The number of rotatable bonds is 3. The molecular weight excluding hydrogens is 276 g/mol. The van der Waals surface area contributed by atoms with Gasteiger partial charge >= 0.3 is 5.97 Å². The summed E-state index contributed by atoms with van der Waals surface area (Å²) in [5.74, 6) is -2.15. The summed E-state index contributed by atoms with van der Waals surface area (Å²) in [5, 5.41) is 8.96. The summed E-state index contributed by atoms with van der Waals surface area (Å²) in [7, 11) is 0. The fourth-order valence-electron chi connectivity index (χ4n) is 2.31. The summed E-state index contributed by atoms with van der Waals surface area (Å²) in [4.78, 5) is 12.8. The second-order valence-electron chi connectivity index (χ2n) is 4.65. The maximum absolute atomic E-state index is 13.5. The molecule has 0 bridgehead atoms. The van der Waals surface area contributed by atoms with Crippen LogP contribution in [-0.4, -0.2) is 29.1 Å². The predicted octanol–water partition coefficient (Wildman–Crippen LogP) is 2.68. The third kappa shape index (κ3) is 4.14. The number of halogens is 3. The number of carboxylic acid groups (broad SMARTS) is 1. The van der Waals surface area contributed by atoms with Crippen LogP contribution in [0.25, 0.3) is 0 Å². The third-order valence-corrected chi connectivity index (χ3v) is 3.26. The Morgan fingerprint density at radius 2 is 2.16 bits per heavy atom. The van der Waals surface area contributed by atoms with E-state index in [0.29, 0.717) is 13.0 Å². The van der Waals surface area contributed by atoms with Gasteiger partial charge in [-0.2, -0.15) is 0 Å². The standard InChI is InChI=1S/C13H15F2NO2.ClH/c14-11-3-4-12(15)10(6-11)8-16-5-1-2-9(7-16)13(17)18;/h3-4,6,9H,1-2,5,7-8H2,(H,17,18);1H. The lowest BCUT2D eigenvalue weighted by Crippen LogP contribution is -2.38. The molecule has 6 heteroatoms. The van der Waals surface area contributed by atoms with Crippen molar-refractivity contribution in [1.82, 2.24) is 4.90 Å². The lowest BCUT2D eigenvalue weighted by atomic mass is 9.98. The average Bonchev–Trinajstić information content (AvgIpc) is 2.34. The van der Waals surface area contributed by atoms with Gasteiger partial charge in [0.2, 0.25) is 0 Å². The molecule has 0 spiro atoms. The van der Waals surface area contributed by atoms with E-state index < -0.39 is 23.5 Å². The highest BCUT2D eigenvalue weighted by atomic mass is 35.5. The van der Waals surface area contributed by atoms with E-state index in [4.69, 9.17) is 5.11 Å². The molecule has 0 radical (unpaired) electrons. The van der Waals surface area contributed by atoms with Gasteiger partial charge in [0.25, 0.3) is 0 Å². The summed E-state index contributed by atoms with van der Waals surface area (Å²) in [6.07, 6.45) is 1.42. The van der Waals surface area contributed by atoms with E-state index in [0.717, 1.165) is 25.1 Å². The van der Waals surface area contributed by atoms with Crippen LogP contribution < -0.4 is 0 Å². The lowest BCUT2D eigenvalue weighted by Gasteiger charge is -2.30. The van der Waals surface area contributed by atoms with Crippen LogP contribution in [0.15, 0.2) is 18.2 Å². The molecule has 3 nitrogen and oxygen atoms in total. The summed E-state index contributed by atoms with van der Waals surface area (Å²) in [5.41, 5.74) is 0.279. The minimum absolute atomic E-state index is 0. The van der Waals surface area contributed by atoms with Crippen LogP contribution >= 0.6 is 12.4 Å². The Morgan fingerprint density at radius 1 is 1.42 bits per heavy atom. The van der Waals surface area contributed by atoms with Crippen molar-refractivity contribution in [1.29, 1.82) is 0 Å². The molecular formula is C13H16ClF2NO2. The second-order valence-corrected chi connectivity index (χ2v) is 4.65. The van der Waals surface area contributed by atoms with E-state index in [1.54, 1.807) is 0 Å². The maximum atomic E-state index is 13.5. The van der Waals surface area contributed by atoms with Gasteiger partial charge in [-0.3, -0.25) is 9.69 Å². The van der Waals surface area contributed by atoms with Crippen molar-refractivity contribution in [2.24, 2.45) is 5.92 Å². The van der Waals surface area contributed by atoms with Crippen LogP contribution in [0.4, 0.5) is 8.78 Å². The molecule has 0 aromatic heterocycles. The van der Waals surface area contributed by atoms with Crippen LogP contribution in [0.5, 0.6) is 0 Å². The van der Waals surface area contributed by atoms with E-state index in [2.05, 4.69) is 0 Å². The van der Waals surface area contributed by atoms with Crippen LogP contribution in [0.3, 0.4) is 0 Å². The van der Waals surface area contributed by atoms with E-state index in [1.165, 1.54) is 6.07 Å². The minimum atomic E-state index is -0.820. The van der Waals surface area contributed by atoms with E-state index >= 15 is 0 Å². The van der Waals surface area contributed by atoms with Gasteiger partial charge in [-0.15, -0.1) is 12.4 Å². The molecule has 1 aromatic carbocycles. The smallest absolute Gasteiger partial charge is 0.307 e. The maximum Gasteiger partial charge on any atom is 0.307 e. The van der Waals surface area contributed by atoms with Crippen molar-refractivity contribution in [2.75, 3.05) is 13.1 Å². The highest BCUT2D eigenvalue weighted by molar-refractivity contribution is 5.85. The third-order valence-electron chi connectivity index (χ3n) is 3.26. The summed E-state index contributed by atoms with van der Waals surface area (Å²) in [6.45, 7) is 1.37. The molecule has 1 aliphatic rings. The highest BCUT2D eigenvalue weighted by Gasteiger charge is 2.25. The summed E-state index contributed by atoms with van der Waals surface area (Å²) in [6, 6.07) is 3.35. The molecule has 1 atom stereocenters. The van der Waals surface area contributed by atoms with Crippen molar-refractivity contribution in [3.63, 3.8) is 0 Å². The van der Waals surface area contributed by atoms with Crippen molar-refractivity contribution >= 4 is 18.4 Å². The molecule has 106 valence electrons. The van der Waals surface area contributed by atoms with Gasteiger partial charge in [-0.1, -0.05) is 0 Å². The Morgan fingerprint density at radius 3 is 2.84 bits per heavy atom. The van der Waals surface area contributed by atoms with Gasteiger partial charge < -0.3 is 5.11 Å². The Kier molecular flexibility index (Phi) is 5.69. The number of likely N-dealkylation sites (tertiary alicyclic amines) is 1. The van der Waals surface area contributed by atoms with E-state index in [-0.39, 0.29) is 24.5 Å². The summed E-state index contributed by atoms with van der Waals surface area (Å²) >= 11 is 0. The molecule has 0 amide bonds. The predicted molar refractivity (Wildman–Crippen MR) is 69.2 cm³/mol. The van der Waals surface area contributed by atoms with Crippen LogP contribution in [-0.2, 0) is 11.3 Å². The molecule has 1 heterocycles. The van der Waals surface area contributed by atoms with Crippen molar-refractivity contribution < 1.29 is 18.7 Å². The van der Waals surface area contributed by atoms with Crippen LogP contribution in [0.2, 0.25) is 0 Å². The monoisotopic (exact) mass is 291 g/mol. The Labute approximate surface area is 116 Å². The largest absolute Gasteiger partial charge is 0.481 e. The molecule has 1 fully saturated rings. The second kappa shape index (κ2) is 6.82. The first-order valence-electron chi connectivity index (χ1n) is 5.95. The van der Waals surface area contributed by atoms with Gasteiger partial charge in [0, 0.05) is 18.7 Å². The van der Waals surface area contributed by atoms with Crippen molar-refractivity contribution in [2.45, 2.75) is 19.4 Å². The topological polar surface area (TPSA) is 40.5 Å². The number of nitrogens with zero attached hydrogens (tertiary/aromatic N) is 1. The van der Waals surface area contributed by atoms with Crippen LogP contribution in [0.1, 0.15) is 18.4 Å². The van der Waals surface area contributed by atoms with Gasteiger partial charge in [0.15, 0.2) is 0 Å². The number of hydrogen-bond acceptors (Lipinski definition) is 2. The van der Waals surface area contributed by atoms with Crippen molar-refractivity contribution in [3.05, 3.63) is 35.4 Å². The zero-order valence-corrected chi connectivity index (χ0v) is 11.1. The van der Waals surface area contributed by atoms with Crippen molar-refractivity contribution in [3.8, 4) is 0 Å².